The Hall–Kier alpha value is -2.34. The van der Waals surface area contributed by atoms with E-state index in [1.54, 1.807) is 54.6 Å². The number of anilines is 1. The van der Waals surface area contributed by atoms with Gasteiger partial charge in [0, 0.05) is 11.3 Å². The van der Waals surface area contributed by atoms with Crippen molar-refractivity contribution in [1.29, 1.82) is 0 Å². The molecule has 2 aromatic rings. The smallest absolute Gasteiger partial charge is 0.240 e. The molecular weight excluding hydrogens is 290 g/mol. The van der Waals surface area contributed by atoms with Crippen LogP contribution in [0.1, 0.15) is 10.4 Å². The lowest BCUT2D eigenvalue weighted by Crippen LogP contribution is -2.22. The summed E-state index contributed by atoms with van der Waals surface area (Å²) in [6, 6.07) is 14.7. The Morgan fingerprint density at radius 2 is 1.67 bits per heavy atom. The minimum Gasteiger partial charge on any atom is -0.497 e. The van der Waals surface area contributed by atoms with Gasteiger partial charge >= 0.3 is 0 Å². The van der Waals surface area contributed by atoms with Crippen molar-refractivity contribution in [1.82, 2.24) is 0 Å². The zero-order valence-electron chi connectivity index (χ0n) is 11.4. The van der Waals surface area contributed by atoms with Crippen molar-refractivity contribution in [3.8, 4) is 5.75 Å². The first-order valence-corrected chi connectivity index (χ1v) is 7.88. The summed E-state index contributed by atoms with van der Waals surface area (Å²) < 4.78 is 31.3. The van der Waals surface area contributed by atoms with Crippen LogP contribution in [-0.2, 0) is 10.0 Å². The van der Waals surface area contributed by atoms with E-state index in [1.165, 1.54) is 7.11 Å². The average molecular weight is 305 g/mol. The molecule has 0 fully saturated rings. The van der Waals surface area contributed by atoms with Crippen LogP contribution >= 0.6 is 0 Å². The van der Waals surface area contributed by atoms with Crippen molar-refractivity contribution in [2.75, 3.05) is 17.6 Å². The molecule has 0 radical (unpaired) electrons. The van der Waals surface area contributed by atoms with Gasteiger partial charge in [0.1, 0.15) is 11.5 Å². The van der Waals surface area contributed by atoms with Crippen molar-refractivity contribution in [3.05, 3.63) is 60.2 Å². The van der Waals surface area contributed by atoms with Gasteiger partial charge in [-0.15, -0.1) is 0 Å². The number of benzene rings is 2. The number of hydrogen-bond acceptors (Lipinski definition) is 4. The first-order valence-electron chi connectivity index (χ1n) is 6.23. The Morgan fingerprint density at radius 1 is 1.05 bits per heavy atom. The predicted molar refractivity (Wildman–Crippen MR) is 81.2 cm³/mol. The summed E-state index contributed by atoms with van der Waals surface area (Å²) in [4.78, 5) is 11.9. The van der Waals surface area contributed by atoms with E-state index in [0.717, 1.165) is 0 Å². The fourth-order valence-electron chi connectivity index (χ4n) is 1.75. The van der Waals surface area contributed by atoms with Crippen molar-refractivity contribution in [2.24, 2.45) is 0 Å². The molecule has 0 aromatic heterocycles. The van der Waals surface area contributed by atoms with Crippen LogP contribution in [0, 0.1) is 0 Å². The molecule has 1 N–H and O–H groups in total. The van der Waals surface area contributed by atoms with Gasteiger partial charge in [-0.25, -0.2) is 8.42 Å². The molecule has 0 aliphatic carbocycles. The molecule has 0 atom stereocenters. The number of ether oxygens (including phenoxy) is 1. The number of methoxy groups -OCH3 is 1. The van der Waals surface area contributed by atoms with Gasteiger partial charge in [-0.3, -0.25) is 9.52 Å². The SMILES string of the molecule is COc1ccc(NS(=O)(=O)CC(=O)c2ccccc2)cc1. The first-order chi connectivity index (χ1) is 10.00. The van der Waals surface area contributed by atoms with Crippen LogP contribution in [0.3, 0.4) is 0 Å². The number of ketones is 1. The second kappa shape index (κ2) is 6.41. The normalized spacial score (nSPS) is 10.9. The van der Waals surface area contributed by atoms with Crippen molar-refractivity contribution < 1.29 is 17.9 Å². The second-order valence-electron chi connectivity index (χ2n) is 4.38. The molecule has 6 heteroatoms. The Bertz CT molecular complexity index is 709. The molecule has 2 aromatic carbocycles. The fourth-order valence-corrected chi connectivity index (χ4v) is 2.83. The number of carbonyl (C=O) groups is 1. The standard InChI is InChI=1S/C15H15NO4S/c1-20-14-9-7-13(8-10-14)16-21(18,19)11-15(17)12-5-3-2-4-6-12/h2-10,16H,11H2,1H3. The zero-order valence-corrected chi connectivity index (χ0v) is 12.3. The van der Waals surface area contributed by atoms with Gasteiger partial charge in [0.15, 0.2) is 5.78 Å². The lowest BCUT2D eigenvalue weighted by molar-refractivity contribution is 0.102. The van der Waals surface area contributed by atoms with E-state index in [2.05, 4.69) is 4.72 Å². The molecule has 2 rings (SSSR count). The summed E-state index contributed by atoms with van der Waals surface area (Å²) in [6.45, 7) is 0. The Kier molecular flexibility index (Phi) is 4.59. The van der Waals surface area contributed by atoms with Crippen LogP contribution in [0.25, 0.3) is 0 Å². The monoisotopic (exact) mass is 305 g/mol. The van der Waals surface area contributed by atoms with E-state index in [-0.39, 0.29) is 0 Å². The highest BCUT2D eigenvalue weighted by Crippen LogP contribution is 2.16. The molecule has 0 saturated carbocycles. The minimum absolute atomic E-state index is 0.373. The molecule has 0 unspecified atom stereocenters. The predicted octanol–water partition coefficient (Wildman–Crippen LogP) is 2.32. The third-order valence-corrected chi connectivity index (χ3v) is 3.97. The Balaban J connectivity index is 2.06. The zero-order chi connectivity index (χ0) is 15.3. The first kappa shape index (κ1) is 15.1. The lowest BCUT2D eigenvalue weighted by Gasteiger charge is -2.08. The molecule has 0 aliphatic heterocycles. The summed E-state index contributed by atoms with van der Waals surface area (Å²) in [7, 11) is -2.22. The van der Waals surface area contributed by atoms with Gasteiger partial charge in [-0.2, -0.15) is 0 Å². The second-order valence-corrected chi connectivity index (χ2v) is 6.10. The molecule has 0 aliphatic rings. The lowest BCUT2D eigenvalue weighted by atomic mass is 10.2. The molecule has 0 spiro atoms. The van der Waals surface area contributed by atoms with Gasteiger partial charge in [-0.1, -0.05) is 30.3 Å². The number of carbonyl (C=O) groups excluding carboxylic acids is 1. The number of hydrogen-bond donors (Lipinski definition) is 1. The van der Waals surface area contributed by atoms with Gasteiger partial charge in [0.2, 0.25) is 10.0 Å². The summed E-state index contributed by atoms with van der Waals surface area (Å²) in [6.07, 6.45) is 0. The molecule has 110 valence electrons. The number of sulfonamides is 1. The van der Waals surface area contributed by atoms with E-state index < -0.39 is 21.6 Å². The largest absolute Gasteiger partial charge is 0.497 e. The van der Waals surface area contributed by atoms with Gasteiger partial charge in [0.25, 0.3) is 0 Å². The topological polar surface area (TPSA) is 72.5 Å². The molecular formula is C15H15NO4S. The maximum Gasteiger partial charge on any atom is 0.240 e. The highest BCUT2D eigenvalue weighted by Gasteiger charge is 2.17. The van der Waals surface area contributed by atoms with Crippen LogP contribution < -0.4 is 9.46 Å². The highest BCUT2D eigenvalue weighted by molar-refractivity contribution is 7.93. The van der Waals surface area contributed by atoms with E-state index in [9.17, 15) is 13.2 Å². The highest BCUT2D eigenvalue weighted by atomic mass is 32.2. The van der Waals surface area contributed by atoms with E-state index in [1.807, 2.05) is 0 Å². The third-order valence-electron chi connectivity index (χ3n) is 2.78. The van der Waals surface area contributed by atoms with Gasteiger partial charge < -0.3 is 4.74 Å². The summed E-state index contributed by atoms with van der Waals surface area (Å²) in [5, 5.41) is 0. The van der Waals surface area contributed by atoms with Crippen LogP contribution in [0.5, 0.6) is 5.75 Å². The van der Waals surface area contributed by atoms with E-state index in [4.69, 9.17) is 4.74 Å². The number of Topliss-reactive ketones (excluding diaryl/α,β-unsaturated/α-hetero) is 1. The van der Waals surface area contributed by atoms with Crippen molar-refractivity contribution in [2.45, 2.75) is 0 Å². The fraction of sp³-hybridized carbons (Fsp3) is 0.133. The molecule has 0 heterocycles. The summed E-state index contributed by atoms with van der Waals surface area (Å²) in [5.41, 5.74) is 0.759. The van der Waals surface area contributed by atoms with Gasteiger partial charge in [-0.05, 0) is 24.3 Å². The molecule has 0 saturated heterocycles. The molecule has 21 heavy (non-hydrogen) atoms. The average Bonchev–Trinajstić information content (AvgIpc) is 2.48. The molecule has 0 bridgehead atoms. The Morgan fingerprint density at radius 3 is 2.24 bits per heavy atom. The van der Waals surface area contributed by atoms with Crippen molar-refractivity contribution in [3.63, 3.8) is 0 Å². The van der Waals surface area contributed by atoms with Crippen LogP contribution in [0.15, 0.2) is 54.6 Å². The maximum atomic E-state index is 12.0. The Labute approximate surface area is 123 Å². The van der Waals surface area contributed by atoms with E-state index in [0.29, 0.717) is 17.0 Å². The minimum atomic E-state index is -3.74. The van der Waals surface area contributed by atoms with Crippen LogP contribution in [0.4, 0.5) is 5.69 Å². The maximum absolute atomic E-state index is 12.0. The third kappa shape index (κ3) is 4.32. The van der Waals surface area contributed by atoms with Crippen molar-refractivity contribution >= 4 is 21.5 Å². The van der Waals surface area contributed by atoms with Gasteiger partial charge in [0.05, 0.1) is 7.11 Å². The quantitative estimate of drug-likeness (QED) is 0.831. The number of rotatable bonds is 6. The summed E-state index contributed by atoms with van der Waals surface area (Å²) >= 11 is 0. The molecule has 0 amide bonds. The number of nitrogens with one attached hydrogen (secondary N) is 1. The van der Waals surface area contributed by atoms with Crippen LogP contribution in [-0.4, -0.2) is 27.1 Å². The summed E-state index contributed by atoms with van der Waals surface area (Å²) in [5.74, 6) is -0.418. The van der Waals surface area contributed by atoms with Crippen LogP contribution in [0.2, 0.25) is 0 Å². The van der Waals surface area contributed by atoms with E-state index >= 15 is 0 Å². The molecule has 5 nitrogen and oxygen atoms in total.